The standard InChI is InChI=1S/C19H23NO2/c1-14(21)20-12-11-16-5-3-4-6-18(16)19(20)13-15-7-9-17(22-2)10-8-15/h5,7-10H,3-4,6,11-13H2,1-2H3. The van der Waals surface area contributed by atoms with Gasteiger partial charge in [-0.25, -0.2) is 0 Å². The molecule has 3 nitrogen and oxygen atoms in total. The molecule has 0 bridgehead atoms. The SMILES string of the molecule is COc1ccc(CC2=C3CCCC=C3CCN2C(C)=O)cc1. The molecule has 0 unspecified atom stereocenters. The summed E-state index contributed by atoms with van der Waals surface area (Å²) in [6, 6.07) is 8.15. The molecule has 1 aromatic rings. The lowest BCUT2D eigenvalue weighted by Gasteiger charge is -2.35. The number of nitrogens with zero attached hydrogens (tertiary/aromatic N) is 1. The quantitative estimate of drug-likeness (QED) is 0.848. The Morgan fingerprint density at radius 3 is 2.68 bits per heavy atom. The third-order valence-electron chi connectivity index (χ3n) is 4.60. The minimum atomic E-state index is 0.153. The topological polar surface area (TPSA) is 29.5 Å². The van der Waals surface area contributed by atoms with Crippen molar-refractivity contribution in [3.05, 3.63) is 52.7 Å². The first kappa shape index (κ1) is 14.9. The zero-order valence-electron chi connectivity index (χ0n) is 13.4. The van der Waals surface area contributed by atoms with Crippen molar-refractivity contribution >= 4 is 5.91 Å². The lowest BCUT2D eigenvalue weighted by molar-refractivity contribution is -0.127. The van der Waals surface area contributed by atoms with Crippen LogP contribution in [0.3, 0.4) is 0 Å². The molecule has 1 aliphatic carbocycles. The molecule has 22 heavy (non-hydrogen) atoms. The molecule has 0 aromatic heterocycles. The van der Waals surface area contributed by atoms with E-state index in [1.807, 2.05) is 17.0 Å². The van der Waals surface area contributed by atoms with E-state index in [1.165, 1.54) is 35.2 Å². The van der Waals surface area contributed by atoms with Crippen LogP contribution in [0.2, 0.25) is 0 Å². The summed E-state index contributed by atoms with van der Waals surface area (Å²) in [7, 11) is 1.68. The number of hydrogen-bond donors (Lipinski definition) is 0. The summed E-state index contributed by atoms with van der Waals surface area (Å²) in [5, 5.41) is 0. The van der Waals surface area contributed by atoms with Crippen LogP contribution in [0.1, 0.15) is 38.2 Å². The van der Waals surface area contributed by atoms with E-state index < -0.39 is 0 Å². The van der Waals surface area contributed by atoms with Gasteiger partial charge in [0.25, 0.3) is 0 Å². The van der Waals surface area contributed by atoms with Gasteiger partial charge in [0.15, 0.2) is 0 Å². The highest BCUT2D eigenvalue weighted by atomic mass is 16.5. The van der Waals surface area contributed by atoms with Crippen molar-refractivity contribution in [3.8, 4) is 5.75 Å². The first-order valence-corrected chi connectivity index (χ1v) is 8.01. The highest BCUT2D eigenvalue weighted by Crippen LogP contribution is 2.36. The Balaban J connectivity index is 1.94. The number of allylic oxidation sites excluding steroid dienone is 3. The Kier molecular flexibility index (Phi) is 4.32. The summed E-state index contributed by atoms with van der Waals surface area (Å²) in [6.45, 7) is 2.49. The Hall–Kier alpha value is -2.03. The fourth-order valence-electron chi connectivity index (χ4n) is 3.44. The van der Waals surface area contributed by atoms with Gasteiger partial charge < -0.3 is 9.64 Å². The van der Waals surface area contributed by atoms with Crippen LogP contribution in [0.15, 0.2) is 47.2 Å². The van der Waals surface area contributed by atoms with Gasteiger partial charge >= 0.3 is 0 Å². The van der Waals surface area contributed by atoms with Gasteiger partial charge in [-0.3, -0.25) is 4.79 Å². The minimum absolute atomic E-state index is 0.153. The Morgan fingerprint density at radius 2 is 2.00 bits per heavy atom. The van der Waals surface area contributed by atoms with Crippen LogP contribution in [-0.4, -0.2) is 24.5 Å². The molecule has 3 rings (SSSR count). The number of rotatable bonds is 3. The molecule has 1 amide bonds. The molecule has 0 saturated heterocycles. The number of carbonyl (C=O) groups is 1. The molecule has 116 valence electrons. The van der Waals surface area contributed by atoms with Gasteiger partial charge in [0.05, 0.1) is 7.11 Å². The summed E-state index contributed by atoms with van der Waals surface area (Å²) < 4.78 is 5.22. The monoisotopic (exact) mass is 297 g/mol. The zero-order chi connectivity index (χ0) is 15.5. The number of fused-ring (bicyclic) bond motifs is 1. The Morgan fingerprint density at radius 1 is 1.23 bits per heavy atom. The van der Waals surface area contributed by atoms with Crippen LogP contribution in [0, 0.1) is 0 Å². The van der Waals surface area contributed by atoms with E-state index in [-0.39, 0.29) is 5.91 Å². The van der Waals surface area contributed by atoms with Crippen molar-refractivity contribution in [3.63, 3.8) is 0 Å². The molecule has 1 aromatic carbocycles. The van der Waals surface area contributed by atoms with Crippen LogP contribution >= 0.6 is 0 Å². The second kappa shape index (κ2) is 6.39. The van der Waals surface area contributed by atoms with Crippen molar-refractivity contribution in [2.75, 3.05) is 13.7 Å². The zero-order valence-corrected chi connectivity index (χ0v) is 13.4. The molecule has 1 heterocycles. The lowest BCUT2D eigenvalue weighted by Crippen LogP contribution is -2.35. The van der Waals surface area contributed by atoms with E-state index in [1.54, 1.807) is 14.0 Å². The fourth-order valence-corrected chi connectivity index (χ4v) is 3.44. The minimum Gasteiger partial charge on any atom is -0.497 e. The molecule has 0 spiro atoms. The van der Waals surface area contributed by atoms with E-state index in [4.69, 9.17) is 4.74 Å². The predicted octanol–water partition coefficient (Wildman–Crippen LogP) is 3.85. The maximum absolute atomic E-state index is 12.0. The number of hydrogen-bond acceptors (Lipinski definition) is 2. The fraction of sp³-hybridized carbons (Fsp3) is 0.421. The molecular formula is C19H23NO2. The van der Waals surface area contributed by atoms with Crippen LogP contribution in [-0.2, 0) is 11.2 Å². The summed E-state index contributed by atoms with van der Waals surface area (Å²) in [5.41, 5.74) is 5.30. The largest absolute Gasteiger partial charge is 0.497 e. The van der Waals surface area contributed by atoms with Crippen molar-refractivity contribution in [2.24, 2.45) is 0 Å². The maximum atomic E-state index is 12.0. The molecule has 1 aliphatic heterocycles. The number of benzene rings is 1. The third-order valence-corrected chi connectivity index (χ3v) is 4.60. The Bertz CT molecular complexity index is 625. The van der Waals surface area contributed by atoms with E-state index in [0.29, 0.717) is 0 Å². The van der Waals surface area contributed by atoms with Gasteiger partial charge in [0.1, 0.15) is 5.75 Å². The van der Waals surface area contributed by atoms with Gasteiger partial charge in [-0.05, 0) is 54.5 Å². The molecule has 0 saturated carbocycles. The van der Waals surface area contributed by atoms with Crippen molar-refractivity contribution in [1.29, 1.82) is 0 Å². The van der Waals surface area contributed by atoms with Crippen molar-refractivity contribution < 1.29 is 9.53 Å². The normalized spacial score (nSPS) is 17.9. The highest BCUT2D eigenvalue weighted by molar-refractivity contribution is 5.76. The first-order valence-electron chi connectivity index (χ1n) is 8.01. The van der Waals surface area contributed by atoms with Crippen LogP contribution in [0.25, 0.3) is 0 Å². The molecule has 0 N–H and O–H groups in total. The van der Waals surface area contributed by atoms with E-state index in [9.17, 15) is 4.79 Å². The van der Waals surface area contributed by atoms with Gasteiger partial charge in [0.2, 0.25) is 5.91 Å². The van der Waals surface area contributed by atoms with Crippen molar-refractivity contribution in [1.82, 2.24) is 4.90 Å². The second-order valence-corrected chi connectivity index (χ2v) is 5.99. The number of ether oxygens (including phenoxy) is 1. The summed E-state index contributed by atoms with van der Waals surface area (Å²) in [6.07, 6.45) is 7.65. The van der Waals surface area contributed by atoms with E-state index >= 15 is 0 Å². The van der Waals surface area contributed by atoms with Crippen molar-refractivity contribution in [2.45, 2.75) is 39.0 Å². The maximum Gasteiger partial charge on any atom is 0.223 e. The lowest BCUT2D eigenvalue weighted by atomic mass is 9.85. The van der Waals surface area contributed by atoms with E-state index in [0.717, 1.165) is 31.6 Å². The molecule has 0 atom stereocenters. The second-order valence-electron chi connectivity index (χ2n) is 5.99. The average Bonchev–Trinajstić information content (AvgIpc) is 2.55. The number of amides is 1. The van der Waals surface area contributed by atoms with Gasteiger partial charge in [0, 0.05) is 25.6 Å². The van der Waals surface area contributed by atoms with Crippen LogP contribution in [0.4, 0.5) is 0 Å². The van der Waals surface area contributed by atoms with Gasteiger partial charge in [-0.15, -0.1) is 0 Å². The smallest absolute Gasteiger partial charge is 0.223 e. The molecule has 3 heteroatoms. The summed E-state index contributed by atoms with van der Waals surface area (Å²) in [4.78, 5) is 14.0. The number of carbonyl (C=O) groups excluding carboxylic acids is 1. The molecule has 0 radical (unpaired) electrons. The van der Waals surface area contributed by atoms with Crippen LogP contribution < -0.4 is 4.74 Å². The predicted molar refractivity (Wildman–Crippen MR) is 87.7 cm³/mol. The summed E-state index contributed by atoms with van der Waals surface area (Å²) in [5.74, 6) is 1.02. The van der Waals surface area contributed by atoms with Crippen LogP contribution in [0.5, 0.6) is 5.75 Å². The van der Waals surface area contributed by atoms with Gasteiger partial charge in [-0.2, -0.15) is 0 Å². The molecular weight excluding hydrogens is 274 g/mol. The average molecular weight is 297 g/mol. The summed E-state index contributed by atoms with van der Waals surface area (Å²) >= 11 is 0. The Labute approximate surface area is 132 Å². The first-order chi connectivity index (χ1) is 10.7. The van der Waals surface area contributed by atoms with Gasteiger partial charge in [-0.1, -0.05) is 18.2 Å². The van der Waals surface area contributed by atoms with E-state index in [2.05, 4.69) is 18.2 Å². The highest BCUT2D eigenvalue weighted by Gasteiger charge is 2.26. The third kappa shape index (κ3) is 2.94. The number of methoxy groups -OCH3 is 1. The molecule has 2 aliphatic rings. The molecule has 0 fully saturated rings.